The number of allylic oxidation sites excluding steroid dienone is 1. The van der Waals surface area contributed by atoms with E-state index in [1.165, 1.54) is 11.6 Å². The van der Waals surface area contributed by atoms with E-state index in [9.17, 15) is 29.7 Å². The van der Waals surface area contributed by atoms with Crippen molar-refractivity contribution in [3.63, 3.8) is 0 Å². The van der Waals surface area contributed by atoms with Gasteiger partial charge < -0.3 is 35.0 Å². The summed E-state index contributed by atoms with van der Waals surface area (Å²) in [7, 11) is 0. The van der Waals surface area contributed by atoms with Crippen molar-refractivity contribution in [2.75, 3.05) is 45.9 Å². The summed E-state index contributed by atoms with van der Waals surface area (Å²) in [5, 5.41) is 36.7. The Balaban J connectivity index is 0.789. The molecule has 0 radical (unpaired) electrons. The molecule has 2 atom stereocenters. The fourth-order valence-electron chi connectivity index (χ4n) is 9.27. The summed E-state index contributed by atoms with van der Waals surface area (Å²) in [6.07, 6.45) is 7.07. The molecule has 2 fully saturated rings. The summed E-state index contributed by atoms with van der Waals surface area (Å²) in [5.74, 6) is 0.438. The molecule has 0 spiro atoms. The molecule has 65 heavy (non-hydrogen) atoms. The smallest absolute Gasteiger partial charge is 0.347 e. The van der Waals surface area contributed by atoms with Crippen LogP contribution >= 0.6 is 0 Å². The lowest BCUT2D eigenvalue weighted by Crippen LogP contribution is -2.40. The summed E-state index contributed by atoms with van der Waals surface area (Å²) in [6, 6.07) is 36.9. The van der Waals surface area contributed by atoms with E-state index < -0.39 is 17.7 Å². The number of ether oxygens (including phenoxy) is 2. The lowest BCUT2D eigenvalue weighted by molar-refractivity contribution is -0.164. The van der Waals surface area contributed by atoms with E-state index >= 15 is 0 Å². The largest absolute Gasteiger partial charge is 0.508 e. The molecule has 11 nitrogen and oxygen atoms in total. The van der Waals surface area contributed by atoms with Gasteiger partial charge in [0, 0.05) is 49.3 Å². The molecule has 338 valence electrons. The predicted molar refractivity (Wildman–Crippen MR) is 249 cm³/mol. The van der Waals surface area contributed by atoms with Gasteiger partial charge in [0.25, 0.3) is 5.91 Å². The first kappa shape index (κ1) is 45.5. The molecule has 1 amide bonds. The van der Waals surface area contributed by atoms with E-state index in [4.69, 9.17) is 9.47 Å². The number of nitrogens with zero attached hydrogens (tertiary/aromatic N) is 2. The maximum atomic E-state index is 13.9. The normalized spacial score (nSPS) is 17.3. The van der Waals surface area contributed by atoms with Crippen molar-refractivity contribution in [1.29, 1.82) is 0 Å². The highest BCUT2D eigenvalue weighted by atomic mass is 16.5. The highest BCUT2D eigenvalue weighted by Crippen LogP contribution is 2.35. The van der Waals surface area contributed by atoms with Gasteiger partial charge in [-0.2, -0.15) is 0 Å². The highest BCUT2D eigenvalue weighted by molar-refractivity contribution is 5.99. The second-order valence-electron chi connectivity index (χ2n) is 17.7. The van der Waals surface area contributed by atoms with Crippen molar-refractivity contribution in [2.45, 2.75) is 63.4 Å². The number of aromatic hydroxyl groups is 1. The fourth-order valence-corrected chi connectivity index (χ4v) is 9.27. The minimum Gasteiger partial charge on any atom is -0.508 e. The Morgan fingerprint density at radius 3 is 2.20 bits per heavy atom. The minimum atomic E-state index is -2.04. The average Bonchev–Trinajstić information content (AvgIpc) is 3.35. The Morgan fingerprint density at radius 2 is 1.46 bits per heavy atom. The van der Waals surface area contributed by atoms with Gasteiger partial charge in [0.2, 0.25) is 5.60 Å². The quantitative estimate of drug-likeness (QED) is 0.0552. The zero-order valence-electron chi connectivity index (χ0n) is 36.8. The number of hydrogen-bond acceptors (Lipinski definition) is 10. The molecule has 1 unspecified atom stereocenters. The number of phenols is 1. The summed E-state index contributed by atoms with van der Waals surface area (Å²) >= 11 is 0. The standard InChI is InChI=1S/C54H59N3O8/c58-45-18-19-47-48(20-21-50(59)49(47)33-45)51(60)34-55-27-22-38-25-30-57(31-26-38)52(61)42-16-14-40(15-17-42)36-64-46-13-7-12-44(32-46)54(63,43-10-5-2-6-11-43)53(62)65-37-41-23-28-56(29-24-41)35-39-8-3-1-4-9-39/h1-21,32,38,41,51,55,59-60,63H,22-31,33-37H2/t51-,54?/m0/s1. The number of rotatable bonds is 17. The second-order valence-corrected chi connectivity index (χ2v) is 17.7. The van der Waals surface area contributed by atoms with E-state index in [1.54, 1.807) is 66.7 Å². The number of piperidine rings is 2. The van der Waals surface area contributed by atoms with Crippen LogP contribution in [0.3, 0.4) is 0 Å². The third-order valence-electron chi connectivity index (χ3n) is 13.2. The van der Waals surface area contributed by atoms with E-state index in [0.29, 0.717) is 64.7 Å². The SMILES string of the molecule is O=C1C=Cc2c([C@@H](O)CNCCC3CCN(C(=O)c4ccc(COc5cccc(C(O)(C(=O)OCC6CCN(Cc7ccccc7)CC6)c6ccccc6)c5)cc4)CC3)ccc(O)c2C1. The molecule has 5 aromatic carbocycles. The van der Waals surface area contributed by atoms with Crippen LogP contribution in [0.4, 0.5) is 0 Å². The Bertz CT molecular complexity index is 2430. The molecule has 5 aromatic rings. The molecule has 0 aromatic heterocycles. The van der Waals surface area contributed by atoms with E-state index in [-0.39, 0.29) is 43.0 Å². The summed E-state index contributed by atoms with van der Waals surface area (Å²) in [4.78, 5) is 43.6. The third-order valence-corrected chi connectivity index (χ3v) is 13.2. The second kappa shape index (κ2) is 21.3. The first-order valence-electron chi connectivity index (χ1n) is 22.9. The number of ketones is 1. The van der Waals surface area contributed by atoms with Gasteiger partial charge in [0.15, 0.2) is 5.78 Å². The van der Waals surface area contributed by atoms with E-state index in [1.807, 2.05) is 41.3 Å². The Labute approximate surface area is 381 Å². The number of likely N-dealkylation sites (tertiary alicyclic amines) is 2. The summed E-state index contributed by atoms with van der Waals surface area (Å²) in [6.45, 7) is 5.64. The first-order chi connectivity index (χ1) is 31.6. The van der Waals surface area contributed by atoms with Crippen molar-refractivity contribution in [1.82, 2.24) is 15.1 Å². The monoisotopic (exact) mass is 877 g/mol. The maximum Gasteiger partial charge on any atom is 0.347 e. The molecule has 1 aliphatic carbocycles. The van der Waals surface area contributed by atoms with Gasteiger partial charge in [-0.3, -0.25) is 14.5 Å². The van der Waals surface area contributed by atoms with E-state index in [2.05, 4.69) is 34.5 Å². The van der Waals surface area contributed by atoms with Crippen LogP contribution in [-0.4, -0.2) is 88.7 Å². The van der Waals surface area contributed by atoms with Crippen molar-refractivity contribution >= 4 is 23.7 Å². The molecule has 3 aliphatic rings. The van der Waals surface area contributed by atoms with Crippen LogP contribution in [0.15, 0.2) is 127 Å². The molecule has 2 saturated heterocycles. The first-order valence-corrected chi connectivity index (χ1v) is 22.9. The topological polar surface area (TPSA) is 149 Å². The Kier molecular flexibility index (Phi) is 14.9. The number of hydrogen-bond donors (Lipinski definition) is 4. The summed E-state index contributed by atoms with van der Waals surface area (Å²) < 4.78 is 12.1. The third kappa shape index (κ3) is 11.2. The number of aliphatic hydroxyl groups excluding tert-OH is 1. The van der Waals surface area contributed by atoms with Crippen molar-refractivity contribution in [3.05, 3.63) is 172 Å². The molecular weight excluding hydrogens is 819 g/mol. The zero-order chi connectivity index (χ0) is 45.2. The Morgan fingerprint density at radius 1 is 0.769 bits per heavy atom. The van der Waals surface area contributed by atoms with Gasteiger partial charge in [-0.15, -0.1) is 0 Å². The number of nitrogens with one attached hydrogen (secondary N) is 1. The fraction of sp³-hybridized carbons (Fsp3) is 0.352. The molecule has 0 bridgehead atoms. The van der Waals surface area contributed by atoms with Crippen LogP contribution in [0.25, 0.3) is 6.08 Å². The molecular formula is C54H59N3O8. The van der Waals surface area contributed by atoms with Crippen LogP contribution in [0.2, 0.25) is 0 Å². The predicted octanol–water partition coefficient (Wildman–Crippen LogP) is 7.37. The van der Waals surface area contributed by atoms with Gasteiger partial charge >= 0.3 is 5.97 Å². The molecule has 2 heterocycles. The van der Waals surface area contributed by atoms with E-state index in [0.717, 1.165) is 63.8 Å². The van der Waals surface area contributed by atoms with Gasteiger partial charge in [0.05, 0.1) is 12.7 Å². The van der Waals surface area contributed by atoms with Gasteiger partial charge in [-0.1, -0.05) is 97.1 Å². The average molecular weight is 878 g/mol. The van der Waals surface area contributed by atoms with Crippen LogP contribution in [0, 0.1) is 11.8 Å². The number of benzene rings is 5. The van der Waals surface area contributed by atoms with Crippen LogP contribution < -0.4 is 10.1 Å². The number of carbonyl (C=O) groups excluding carboxylic acids is 3. The number of fused-ring (bicyclic) bond motifs is 1. The Hall–Kier alpha value is -6.11. The molecule has 11 heteroatoms. The lowest BCUT2D eigenvalue weighted by atomic mass is 9.86. The number of phenolic OH excluding ortho intramolecular Hbond substituents is 1. The lowest BCUT2D eigenvalue weighted by Gasteiger charge is -2.33. The number of aliphatic hydroxyl groups is 2. The molecule has 2 aliphatic heterocycles. The molecule has 0 saturated carbocycles. The number of esters is 1. The maximum absolute atomic E-state index is 13.9. The van der Waals surface area contributed by atoms with Gasteiger partial charge in [0.1, 0.15) is 18.1 Å². The molecule has 8 rings (SSSR count). The van der Waals surface area contributed by atoms with Crippen molar-refractivity contribution in [3.8, 4) is 11.5 Å². The van der Waals surface area contributed by atoms with Crippen LogP contribution in [0.1, 0.15) is 87.5 Å². The minimum absolute atomic E-state index is 0.00144. The van der Waals surface area contributed by atoms with Crippen molar-refractivity contribution < 1.29 is 39.2 Å². The summed E-state index contributed by atoms with van der Waals surface area (Å²) in [5.41, 5.74) is 3.47. The number of carbonyl (C=O) groups is 3. The van der Waals surface area contributed by atoms with Gasteiger partial charge in [-0.05, 0) is 128 Å². The van der Waals surface area contributed by atoms with Crippen LogP contribution in [0.5, 0.6) is 11.5 Å². The van der Waals surface area contributed by atoms with Crippen LogP contribution in [-0.2, 0) is 39.5 Å². The van der Waals surface area contributed by atoms with Crippen molar-refractivity contribution in [2.24, 2.45) is 11.8 Å². The highest BCUT2D eigenvalue weighted by Gasteiger charge is 2.42. The number of amides is 1. The molecule has 4 N–H and O–H groups in total. The zero-order valence-corrected chi connectivity index (χ0v) is 36.8. The van der Waals surface area contributed by atoms with Gasteiger partial charge in [-0.25, -0.2) is 4.79 Å².